The number of ketones is 1. The van der Waals surface area contributed by atoms with E-state index in [9.17, 15) is 9.36 Å². The van der Waals surface area contributed by atoms with Crippen LogP contribution in [-0.2, 0) is 15.8 Å². The molecule has 1 atom stereocenters. The average molecular weight is 426 g/mol. The third-order valence-corrected chi connectivity index (χ3v) is 6.19. The number of rotatable bonds is 12. The van der Waals surface area contributed by atoms with Gasteiger partial charge in [-0.05, 0) is 69.8 Å². The minimum atomic E-state index is -4.52. The molecular formula is C22H36NO5P. The van der Waals surface area contributed by atoms with Crippen molar-refractivity contribution in [3.8, 4) is 5.75 Å². The van der Waals surface area contributed by atoms with Gasteiger partial charge in [0.05, 0.1) is 0 Å². The Bertz CT molecular complexity index is 666. The van der Waals surface area contributed by atoms with Gasteiger partial charge in [-0.2, -0.15) is 0 Å². The highest BCUT2D eigenvalue weighted by Gasteiger charge is 2.21. The van der Waals surface area contributed by atoms with Gasteiger partial charge in [0.2, 0.25) is 0 Å². The van der Waals surface area contributed by atoms with Crippen molar-refractivity contribution in [2.75, 3.05) is 13.1 Å². The zero-order chi connectivity index (χ0) is 21.3. The highest BCUT2D eigenvalue weighted by molar-refractivity contribution is 7.46. The van der Waals surface area contributed by atoms with E-state index in [-0.39, 0.29) is 5.75 Å². The van der Waals surface area contributed by atoms with Gasteiger partial charge in [-0.1, -0.05) is 38.3 Å². The van der Waals surface area contributed by atoms with Gasteiger partial charge < -0.3 is 9.42 Å². The summed E-state index contributed by atoms with van der Waals surface area (Å²) < 4.78 is 15.5. The lowest BCUT2D eigenvalue weighted by molar-refractivity contribution is -0.124. The van der Waals surface area contributed by atoms with Gasteiger partial charge in [0, 0.05) is 18.4 Å². The third kappa shape index (κ3) is 9.00. The number of phosphoric ester groups is 1. The lowest BCUT2D eigenvalue weighted by Crippen LogP contribution is -2.36. The fourth-order valence-corrected chi connectivity index (χ4v) is 4.62. The molecule has 0 aromatic heterocycles. The van der Waals surface area contributed by atoms with E-state index in [2.05, 4.69) is 23.3 Å². The smallest absolute Gasteiger partial charge is 0.404 e. The van der Waals surface area contributed by atoms with Crippen LogP contribution in [0.3, 0.4) is 0 Å². The Kier molecular flexibility index (Phi) is 9.84. The zero-order valence-electron chi connectivity index (χ0n) is 17.8. The molecule has 7 heteroatoms. The molecule has 1 aliphatic carbocycles. The molecule has 0 saturated heterocycles. The summed E-state index contributed by atoms with van der Waals surface area (Å²) in [6.45, 7) is 6.28. The van der Waals surface area contributed by atoms with Crippen LogP contribution < -0.4 is 4.52 Å². The van der Waals surface area contributed by atoms with Crippen molar-refractivity contribution in [1.29, 1.82) is 0 Å². The van der Waals surface area contributed by atoms with Crippen molar-refractivity contribution in [1.82, 2.24) is 4.90 Å². The van der Waals surface area contributed by atoms with Crippen LogP contribution in [0.2, 0.25) is 0 Å². The van der Waals surface area contributed by atoms with Crippen molar-refractivity contribution in [3.63, 3.8) is 0 Å². The molecule has 0 amide bonds. The van der Waals surface area contributed by atoms with E-state index in [0.717, 1.165) is 50.8 Å². The Labute approximate surface area is 174 Å². The lowest BCUT2D eigenvalue weighted by atomic mass is 9.85. The first-order valence-electron chi connectivity index (χ1n) is 10.9. The fourth-order valence-electron chi connectivity index (χ4n) is 4.22. The molecule has 2 rings (SSSR count). The summed E-state index contributed by atoms with van der Waals surface area (Å²) in [7, 11) is -4.52. The molecule has 1 aromatic carbocycles. The summed E-state index contributed by atoms with van der Waals surface area (Å²) in [6, 6.07) is 7.20. The fraction of sp³-hybridized carbons (Fsp3) is 0.682. The molecule has 2 N–H and O–H groups in total. The van der Waals surface area contributed by atoms with Gasteiger partial charge in [-0.25, -0.2) is 4.57 Å². The molecular weight excluding hydrogens is 389 g/mol. The molecule has 1 fully saturated rings. The van der Waals surface area contributed by atoms with Crippen molar-refractivity contribution in [2.45, 2.75) is 77.7 Å². The maximum absolute atomic E-state index is 12.4. The summed E-state index contributed by atoms with van der Waals surface area (Å²) in [6.07, 6.45) is 9.34. The Balaban J connectivity index is 1.82. The molecule has 1 saturated carbocycles. The second kappa shape index (κ2) is 11.8. The van der Waals surface area contributed by atoms with Gasteiger partial charge in [0.25, 0.3) is 0 Å². The predicted molar refractivity (Wildman–Crippen MR) is 115 cm³/mol. The summed E-state index contributed by atoms with van der Waals surface area (Å²) in [5.41, 5.74) is 1.09. The van der Waals surface area contributed by atoms with Crippen LogP contribution >= 0.6 is 7.82 Å². The average Bonchev–Trinajstić information content (AvgIpc) is 2.68. The van der Waals surface area contributed by atoms with Crippen LogP contribution in [0.15, 0.2) is 24.3 Å². The Morgan fingerprint density at radius 1 is 1.17 bits per heavy atom. The molecule has 0 bridgehead atoms. The molecule has 1 aliphatic rings. The van der Waals surface area contributed by atoms with Crippen LogP contribution in [-0.4, -0.2) is 39.6 Å². The Morgan fingerprint density at radius 2 is 1.83 bits per heavy atom. The van der Waals surface area contributed by atoms with E-state index in [1.165, 1.54) is 19.3 Å². The van der Waals surface area contributed by atoms with E-state index in [1.54, 1.807) is 12.1 Å². The first-order chi connectivity index (χ1) is 13.8. The molecule has 0 aliphatic heterocycles. The molecule has 29 heavy (non-hydrogen) atoms. The SMILES string of the molecule is CCCN(CCCC(=O)C1CCCCC1)C(C)Cc1ccc(OP(=O)(O)O)cc1. The van der Waals surface area contributed by atoms with Crippen LogP contribution in [0.4, 0.5) is 0 Å². The largest absolute Gasteiger partial charge is 0.524 e. The molecule has 1 aromatic rings. The van der Waals surface area contributed by atoms with Crippen LogP contribution in [0.25, 0.3) is 0 Å². The summed E-state index contributed by atoms with van der Waals surface area (Å²) in [5.74, 6) is 0.922. The monoisotopic (exact) mass is 425 g/mol. The molecule has 6 nitrogen and oxygen atoms in total. The summed E-state index contributed by atoms with van der Waals surface area (Å²) in [5, 5.41) is 0. The second-order valence-corrected chi connectivity index (χ2v) is 9.38. The summed E-state index contributed by atoms with van der Waals surface area (Å²) >= 11 is 0. The van der Waals surface area contributed by atoms with Crippen molar-refractivity contribution in [2.24, 2.45) is 5.92 Å². The maximum atomic E-state index is 12.4. The van der Waals surface area contributed by atoms with E-state index >= 15 is 0 Å². The molecule has 0 spiro atoms. The van der Waals surface area contributed by atoms with Crippen LogP contribution in [0.1, 0.15) is 70.8 Å². The van der Waals surface area contributed by atoms with Crippen molar-refractivity contribution >= 4 is 13.6 Å². The summed E-state index contributed by atoms with van der Waals surface area (Å²) in [4.78, 5) is 32.6. The normalized spacial score (nSPS) is 16.7. The van der Waals surface area contributed by atoms with Crippen LogP contribution in [0.5, 0.6) is 5.75 Å². The Hall–Kier alpha value is -1.20. The number of Topliss-reactive ketones (excluding diaryl/α,β-unsaturated/α-hetero) is 1. The van der Waals surface area contributed by atoms with E-state index < -0.39 is 7.82 Å². The Morgan fingerprint density at radius 3 is 2.41 bits per heavy atom. The third-order valence-electron chi connectivity index (χ3n) is 5.74. The zero-order valence-corrected chi connectivity index (χ0v) is 18.7. The highest BCUT2D eigenvalue weighted by Crippen LogP contribution is 2.37. The second-order valence-electron chi connectivity index (χ2n) is 8.22. The predicted octanol–water partition coefficient (Wildman–Crippen LogP) is 4.73. The lowest BCUT2D eigenvalue weighted by Gasteiger charge is -2.29. The number of phosphoric acid groups is 1. The van der Waals surface area contributed by atoms with Gasteiger partial charge >= 0.3 is 7.82 Å². The minimum absolute atomic E-state index is 0.168. The molecule has 0 radical (unpaired) electrons. The standard InChI is InChI=1S/C22H36NO5P/c1-3-15-23(16-7-10-22(24)20-8-5-4-6-9-20)18(2)17-19-11-13-21(14-12-19)28-29(25,26)27/h11-14,18,20H,3-10,15-17H2,1-2H3,(H2,25,26,27). The minimum Gasteiger partial charge on any atom is -0.404 e. The number of hydrogen-bond acceptors (Lipinski definition) is 4. The van der Waals surface area contributed by atoms with Crippen molar-refractivity contribution in [3.05, 3.63) is 29.8 Å². The van der Waals surface area contributed by atoms with Gasteiger partial charge in [-0.15, -0.1) is 0 Å². The number of benzene rings is 1. The highest BCUT2D eigenvalue weighted by atomic mass is 31.2. The van der Waals surface area contributed by atoms with E-state index in [4.69, 9.17) is 9.79 Å². The number of hydrogen-bond donors (Lipinski definition) is 2. The number of nitrogens with zero attached hydrogens (tertiary/aromatic N) is 1. The van der Waals surface area contributed by atoms with Gasteiger partial charge in [0.1, 0.15) is 11.5 Å². The first kappa shape index (κ1) is 24.1. The number of carbonyl (C=O) groups excluding carboxylic acids is 1. The van der Waals surface area contributed by atoms with Gasteiger partial charge in [-0.3, -0.25) is 14.6 Å². The molecule has 1 unspecified atom stereocenters. The quantitative estimate of drug-likeness (QED) is 0.471. The van der Waals surface area contributed by atoms with Crippen LogP contribution in [0, 0.1) is 5.92 Å². The topological polar surface area (TPSA) is 87.1 Å². The molecule has 0 heterocycles. The maximum Gasteiger partial charge on any atom is 0.524 e. The van der Waals surface area contributed by atoms with E-state index in [0.29, 0.717) is 24.2 Å². The molecule has 164 valence electrons. The van der Waals surface area contributed by atoms with Crippen molar-refractivity contribution < 1.29 is 23.7 Å². The van der Waals surface area contributed by atoms with E-state index in [1.807, 2.05) is 12.1 Å². The first-order valence-corrected chi connectivity index (χ1v) is 12.4. The van der Waals surface area contributed by atoms with Gasteiger partial charge in [0.15, 0.2) is 0 Å². The number of carbonyl (C=O) groups is 1.